The van der Waals surface area contributed by atoms with E-state index in [0.29, 0.717) is 18.0 Å². The van der Waals surface area contributed by atoms with Gasteiger partial charge in [-0.2, -0.15) is 4.31 Å². The Morgan fingerprint density at radius 2 is 2.00 bits per heavy atom. The number of aryl methyl sites for hydroxylation is 1. The summed E-state index contributed by atoms with van der Waals surface area (Å²) in [5, 5.41) is 0. The minimum atomic E-state index is -3.53. The highest BCUT2D eigenvalue weighted by Gasteiger charge is 2.36. The van der Waals surface area contributed by atoms with E-state index in [9.17, 15) is 8.42 Å². The van der Waals surface area contributed by atoms with Gasteiger partial charge in [0.2, 0.25) is 10.0 Å². The molecule has 1 atom stereocenters. The number of aromatic nitrogens is 1. The van der Waals surface area contributed by atoms with Crippen molar-refractivity contribution in [2.75, 3.05) is 13.2 Å². The summed E-state index contributed by atoms with van der Waals surface area (Å²) < 4.78 is 33.3. The Balaban J connectivity index is 1.93. The molecule has 5 nitrogen and oxygen atoms in total. The van der Waals surface area contributed by atoms with Crippen LogP contribution in [0, 0.1) is 6.92 Å². The Hall–Kier alpha value is -1.92. The van der Waals surface area contributed by atoms with Gasteiger partial charge < -0.3 is 4.74 Å². The van der Waals surface area contributed by atoms with Crippen LogP contribution in [0.15, 0.2) is 47.6 Å². The minimum absolute atomic E-state index is 0.120. The lowest BCUT2D eigenvalue weighted by Crippen LogP contribution is -2.30. The highest BCUT2D eigenvalue weighted by molar-refractivity contribution is 7.89. The maximum atomic E-state index is 13.1. The Labute approximate surface area is 143 Å². The van der Waals surface area contributed by atoms with Gasteiger partial charge in [-0.15, -0.1) is 0 Å². The average molecular weight is 346 g/mol. The van der Waals surface area contributed by atoms with Gasteiger partial charge in [0, 0.05) is 18.9 Å². The van der Waals surface area contributed by atoms with E-state index in [4.69, 9.17) is 4.74 Å². The fourth-order valence-corrected chi connectivity index (χ4v) is 4.95. The van der Waals surface area contributed by atoms with Crippen LogP contribution < -0.4 is 4.74 Å². The van der Waals surface area contributed by atoms with Crippen LogP contribution in [-0.2, 0) is 10.0 Å². The fourth-order valence-electron chi connectivity index (χ4n) is 3.18. The number of hydrogen-bond acceptors (Lipinski definition) is 4. The number of pyridine rings is 1. The number of sulfonamides is 1. The van der Waals surface area contributed by atoms with E-state index in [1.165, 1.54) is 0 Å². The summed E-state index contributed by atoms with van der Waals surface area (Å²) in [6.07, 6.45) is 5.11. The first-order valence-electron chi connectivity index (χ1n) is 8.19. The normalized spacial score (nSPS) is 18.7. The zero-order chi connectivity index (χ0) is 17.2. The molecule has 2 heterocycles. The molecule has 1 fully saturated rings. The first-order valence-corrected chi connectivity index (χ1v) is 9.63. The zero-order valence-corrected chi connectivity index (χ0v) is 14.8. The molecule has 0 radical (unpaired) electrons. The van der Waals surface area contributed by atoms with Crippen molar-refractivity contribution in [3.05, 3.63) is 53.9 Å². The van der Waals surface area contributed by atoms with Gasteiger partial charge >= 0.3 is 0 Å². The van der Waals surface area contributed by atoms with Crippen molar-refractivity contribution < 1.29 is 13.2 Å². The second-order valence-electron chi connectivity index (χ2n) is 5.91. The van der Waals surface area contributed by atoms with Crippen molar-refractivity contribution in [2.45, 2.75) is 37.6 Å². The summed E-state index contributed by atoms with van der Waals surface area (Å²) in [6.45, 7) is 4.88. The Kier molecular flexibility index (Phi) is 4.87. The molecule has 1 aromatic carbocycles. The predicted octanol–water partition coefficient (Wildman–Crippen LogP) is 3.31. The smallest absolute Gasteiger partial charge is 0.243 e. The van der Waals surface area contributed by atoms with E-state index in [-0.39, 0.29) is 6.04 Å². The lowest BCUT2D eigenvalue weighted by atomic mass is 10.1. The average Bonchev–Trinajstić information content (AvgIpc) is 3.08. The molecule has 1 aliphatic rings. The summed E-state index contributed by atoms with van der Waals surface area (Å²) in [7, 11) is -3.53. The Bertz CT molecular complexity index is 806. The molecule has 0 spiro atoms. The van der Waals surface area contributed by atoms with Gasteiger partial charge in [0.15, 0.2) is 0 Å². The molecule has 128 valence electrons. The molecule has 1 saturated heterocycles. The molecular formula is C18H22N2O3S. The van der Waals surface area contributed by atoms with Crippen LogP contribution in [0.2, 0.25) is 0 Å². The van der Waals surface area contributed by atoms with Gasteiger partial charge in [0.05, 0.1) is 17.5 Å². The third-order valence-electron chi connectivity index (χ3n) is 4.35. The first-order chi connectivity index (χ1) is 11.5. The standard InChI is InChI=1S/C18H22N2O3S/c1-3-23-18-7-6-16(13-14(18)2)24(21,22)20-12-4-5-17(20)15-8-10-19-11-9-15/h6-11,13,17H,3-5,12H2,1-2H3. The van der Waals surface area contributed by atoms with Crippen LogP contribution in [0.4, 0.5) is 0 Å². The molecule has 1 aliphatic heterocycles. The van der Waals surface area contributed by atoms with E-state index in [2.05, 4.69) is 4.98 Å². The van der Waals surface area contributed by atoms with E-state index >= 15 is 0 Å². The van der Waals surface area contributed by atoms with Gasteiger partial charge in [-0.05, 0) is 68.1 Å². The molecule has 2 aromatic rings. The van der Waals surface area contributed by atoms with Crippen molar-refractivity contribution in [1.82, 2.24) is 9.29 Å². The molecule has 3 rings (SSSR count). The second-order valence-corrected chi connectivity index (χ2v) is 7.81. The number of nitrogens with zero attached hydrogens (tertiary/aromatic N) is 2. The maximum absolute atomic E-state index is 13.1. The van der Waals surface area contributed by atoms with Gasteiger partial charge in [-0.25, -0.2) is 8.42 Å². The lowest BCUT2D eigenvalue weighted by Gasteiger charge is -2.24. The number of hydrogen-bond donors (Lipinski definition) is 0. The largest absolute Gasteiger partial charge is 0.494 e. The van der Waals surface area contributed by atoms with Crippen LogP contribution in [-0.4, -0.2) is 30.9 Å². The fraction of sp³-hybridized carbons (Fsp3) is 0.389. The minimum Gasteiger partial charge on any atom is -0.494 e. The maximum Gasteiger partial charge on any atom is 0.243 e. The zero-order valence-electron chi connectivity index (χ0n) is 14.0. The summed E-state index contributed by atoms with van der Waals surface area (Å²) in [5.41, 5.74) is 1.83. The molecule has 0 bridgehead atoms. The van der Waals surface area contributed by atoms with Crippen molar-refractivity contribution in [1.29, 1.82) is 0 Å². The first kappa shape index (κ1) is 16.9. The van der Waals surface area contributed by atoms with Gasteiger partial charge in [0.1, 0.15) is 5.75 Å². The highest BCUT2D eigenvalue weighted by Crippen LogP contribution is 2.37. The second kappa shape index (κ2) is 6.91. The number of rotatable bonds is 5. The number of ether oxygens (including phenoxy) is 1. The monoisotopic (exact) mass is 346 g/mol. The van der Waals surface area contributed by atoms with E-state index < -0.39 is 10.0 Å². The molecule has 1 aromatic heterocycles. The van der Waals surface area contributed by atoms with Gasteiger partial charge in [-0.1, -0.05) is 0 Å². The Morgan fingerprint density at radius 1 is 1.25 bits per heavy atom. The molecule has 0 saturated carbocycles. The van der Waals surface area contributed by atoms with Crippen LogP contribution >= 0.6 is 0 Å². The van der Waals surface area contributed by atoms with E-state index in [1.54, 1.807) is 34.9 Å². The quantitative estimate of drug-likeness (QED) is 0.833. The molecule has 24 heavy (non-hydrogen) atoms. The molecule has 0 N–H and O–H groups in total. The van der Waals surface area contributed by atoms with Crippen LogP contribution in [0.3, 0.4) is 0 Å². The third-order valence-corrected chi connectivity index (χ3v) is 6.25. The molecular weight excluding hydrogens is 324 g/mol. The summed E-state index contributed by atoms with van der Waals surface area (Å²) in [6, 6.07) is 8.73. The van der Waals surface area contributed by atoms with Crippen molar-refractivity contribution in [2.24, 2.45) is 0 Å². The van der Waals surface area contributed by atoms with Crippen molar-refractivity contribution >= 4 is 10.0 Å². The SMILES string of the molecule is CCOc1ccc(S(=O)(=O)N2CCCC2c2ccncc2)cc1C. The predicted molar refractivity (Wildman–Crippen MR) is 92.5 cm³/mol. The van der Waals surface area contributed by atoms with E-state index in [1.807, 2.05) is 26.0 Å². The van der Waals surface area contributed by atoms with E-state index in [0.717, 1.165) is 29.7 Å². The van der Waals surface area contributed by atoms with Crippen molar-refractivity contribution in [3.8, 4) is 5.75 Å². The Morgan fingerprint density at radius 3 is 2.67 bits per heavy atom. The molecule has 0 amide bonds. The molecule has 1 unspecified atom stereocenters. The van der Waals surface area contributed by atoms with Crippen LogP contribution in [0.25, 0.3) is 0 Å². The topological polar surface area (TPSA) is 59.5 Å². The molecule has 0 aliphatic carbocycles. The highest BCUT2D eigenvalue weighted by atomic mass is 32.2. The third kappa shape index (κ3) is 3.16. The van der Waals surface area contributed by atoms with Gasteiger partial charge in [0.25, 0.3) is 0 Å². The summed E-state index contributed by atoms with van der Waals surface area (Å²) in [5.74, 6) is 0.726. The lowest BCUT2D eigenvalue weighted by molar-refractivity contribution is 0.337. The summed E-state index contributed by atoms with van der Waals surface area (Å²) in [4.78, 5) is 4.34. The van der Waals surface area contributed by atoms with Crippen molar-refractivity contribution in [3.63, 3.8) is 0 Å². The number of benzene rings is 1. The summed E-state index contributed by atoms with van der Waals surface area (Å²) >= 11 is 0. The van der Waals surface area contributed by atoms with Gasteiger partial charge in [-0.3, -0.25) is 4.98 Å². The molecule has 6 heteroatoms. The van der Waals surface area contributed by atoms with Crippen LogP contribution in [0.1, 0.15) is 36.9 Å². The van der Waals surface area contributed by atoms with Crippen LogP contribution in [0.5, 0.6) is 5.75 Å².